The second kappa shape index (κ2) is 2.94. The molecule has 0 aromatic rings. The second-order valence-electron chi connectivity index (χ2n) is 5.13. The van der Waals surface area contributed by atoms with Gasteiger partial charge in [0.1, 0.15) is 17.8 Å². The summed E-state index contributed by atoms with van der Waals surface area (Å²) in [7, 11) is 1.66. The van der Waals surface area contributed by atoms with E-state index in [1.54, 1.807) is 7.11 Å². The number of hydrogen-bond donors (Lipinski definition) is 1. The van der Waals surface area contributed by atoms with Gasteiger partial charge in [-0.1, -0.05) is 13.8 Å². The SMILES string of the molecule is CO[C@@H]1[C@@H](O)[C@]2(C)CC[C@@]1(C(C)C)O2. The number of ether oxygens (including phenoxy) is 2. The molecule has 2 bridgehead atoms. The van der Waals surface area contributed by atoms with Gasteiger partial charge in [-0.2, -0.15) is 0 Å². The highest BCUT2D eigenvalue weighted by Gasteiger charge is 2.66. The Labute approximate surface area is 85.4 Å². The average Bonchev–Trinajstić information content (AvgIpc) is 2.56. The summed E-state index contributed by atoms with van der Waals surface area (Å²) in [6.07, 6.45) is 1.29. The molecule has 0 spiro atoms. The van der Waals surface area contributed by atoms with Gasteiger partial charge < -0.3 is 14.6 Å². The topological polar surface area (TPSA) is 38.7 Å². The van der Waals surface area contributed by atoms with Crippen molar-refractivity contribution in [1.29, 1.82) is 0 Å². The molecule has 0 aliphatic carbocycles. The van der Waals surface area contributed by atoms with E-state index in [2.05, 4.69) is 13.8 Å². The standard InChI is InChI=1S/C11H20O3/c1-7(2)11-6-5-10(3,14-11)8(12)9(11)13-4/h7-9,12H,5-6H2,1-4H3/t8-,9-,10+,11+/m1/s1. The highest BCUT2D eigenvalue weighted by molar-refractivity contribution is 5.15. The van der Waals surface area contributed by atoms with Crippen molar-refractivity contribution in [3.05, 3.63) is 0 Å². The largest absolute Gasteiger partial charge is 0.387 e. The zero-order valence-corrected chi connectivity index (χ0v) is 9.41. The molecule has 2 rings (SSSR count). The van der Waals surface area contributed by atoms with Gasteiger partial charge in [-0.15, -0.1) is 0 Å². The van der Waals surface area contributed by atoms with Crippen LogP contribution in [0, 0.1) is 5.92 Å². The third kappa shape index (κ3) is 1.03. The van der Waals surface area contributed by atoms with Gasteiger partial charge in [-0.25, -0.2) is 0 Å². The molecule has 2 heterocycles. The number of rotatable bonds is 2. The molecular formula is C11H20O3. The molecule has 82 valence electrons. The molecule has 2 aliphatic heterocycles. The number of fused-ring (bicyclic) bond motifs is 2. The van der Waals surface area contributed by atoms with Crippen LogP contribution in [0.5, 0.6) is 0 Å². The first-order valence-electron chi connectivity index (χ1n) is 5.37. The molecule has 0 saturated carbocycles. The number of methoxy groups -OCH3 is 1. The van der Waals surface area contributed by atoms with Gasteiger partial charge in [0.15, 0.2) is 0 Å². The van der Waals surface area contributed by atoms with E-state index < -0.39 is 6.10 Å². The molecule has 0 radical (unpaired) electrons. The molecule has 3 nitrogen and oxygen atoms in total. The fraction of sp³-hybridized carbons (Fsp3) is 1.00. The molecule has 4 atom stereocenters. The third-order valence-corrected chi connectivity index (χ3v) is 4.06. The Balaban J connectivity index is 2.35. The molecule has 1 N–H and O–H groups in total. The summed E-state index contributed by atoms with van der Waals surface area (Å²) < 4.78 is 11.5. The maximum atomic E-state index is 10.1. The normalized spacial score (nSPS) is 51.9. The zero-order chi connectivity index (χ0) is 10.6. The first-order valence-corrected chi connectivity index (χ1v) is 5.37. The van der Waals surface area contributed by atoms with Crippen molar-refractivity contribution in [2.24, 2.45) is 5.92 Å². The van der Waals surface area contributed by atoms with Crippen LogP contribution in [0.25, 0.3) is 0 Å². The highest BCUT2D eigenvalue weighted by atomic mass is 16.6. The highest BCUT2D eigenvalue weighted by Crippen LogP contribution is 2.54. The lowest BCUT2D eigenvalue weighted by atomic mass is 9.73. The predicted molar refractivity (Wildman–Crippen MR) is 53.1 cm³/mol. The van der Waals surface area contributed by atoms with Crippen molar-refractivity contribution in [2.45, 2.75) is 57.0 Å². The lowest BCUT2D eigenvalue weighted by Crippen LogP contribution is -2.51. The lowest BCUT2D eigenvalue weighted by Gasteiger charge is -2.37. The fourth-order valence-corrected chi connectivity index (χ4v) is 3.04. The molecule has 3 heteroatoms. The van der Waals surface area contributed by atoms with E-state index in [1.807, 2.05) is 6.92 Å². The molecule has 0 aromatic carbocycles. The van der Waals surface area contributed by atoms with E-state index in [1.165, 1.54) is 0 Å². The summed E-state index contributed by atoms with van der Waals surface area (Å²) in [5.41, 5.74) is -0.645. The van der Waals surface area contributed by atoms with E-state index in [4.69, 9.17) is 9.47 Å². The van der Waals surface area contributed by atoms with Crippen molar-refractivity contribution >= 4 is 0 Å². The van der Waals surface area contributed by atoms with Crippen LogP contribution in [-0.2, 0) is 9.47 Å². The summed E-state index contributed by atoms with van der Waals surface area (Å²) in [4.78, 5) is 0. The van der Waals surface area contributed by atoms with Gasteiger partial charge in [0.2, 0.25) is 0 Å². The minimum Gasteiger partial charge on any atom is -0.387 e. The maximum absolute atomic E-state index is 10.1. The lowest BCUT2D eigenvalue weighted by molar-refractivity contribution is -0.107. The number of hydrogen-bond acceptors (Lipinski definition) is 3. The summed E-state index contributed by atoms with van der Waals surface area (Å²) in [5.74, 6) is 0.381. The van der Waals surface area contributed by atoms with E-state index in [-0.39, 0.29) is 17.3 Å². The van der Waals surface area contributed by atoms with E-state index >= 15 is 0 Å². The molecule has 14 heavy (non-hydrogen) atoms. The van der Waals surface area contributed by atoms with Crippen LogP contribution in [0.15, 0.2) is 0 Å². The van der Waals surface area contributed by atoms with Crippen LogP contribution in [0.4, 0.5) is 0 Å². The first kappa shape index (κ1) is 10.4. The van der Waals surface area contributed by atoms with Crippen molar-refractivity contribution < 1.29 is 14.6 Å². The molecule has 0 unspecified atom stereocenters. The van der Waals surface area contributed by atoms with Crippen LogP contribution in [0.3, 0.4) is 0 Å². The van der Waals surface area contributed by atoms with Crippen molar-refractivity contribution in [3.8, 4) is 0 Å². The number of aliphatic hydroxyl groups excluding tert-OH is 1. The summed E-state index contributed by atoms with van der Waals surface area (Å²) >= 11 is 0. The predicted octanol–water partition coefficient (Wildman–Crippen LogP) is 1.34. The Morgan fingerprint density at radius 1 is 1.43 bits per heavy atom. The monoisotopic (exact) mass is 200 g/mol. The molecule has 2 aliphatic rings. The van der Waals surface area contributed by atoms with Gasteiger partial charge in [-0.05, 0) is 25.7 Å². The van der Waals surface area contributed by atoms with Gasteiger partial charge in [0.05, 0.1) is 5.60 Å². The van der Waals surface area contributed by atoms with E-state index in [0.717, 1.165) is 12.8 Å². The van der Waals surface area contributed by atoms with Crippen molar-refractivity contribution in [1.82, 2.24) is 0 Å². The minimum atomic E-state index is -0.483. The van der Waals surface area contributed by atoms with Crippen LogP contribution >= 0.6 is 0 Å². The fourth-order valence-electron chi connectivity index (χ4n) is 3.04. The van der Waals surface area contributed by atoms with Gasteiger partial charge in [0.25, 0.3) is 0 Å². The molecule has 0 aromatic heterocycles. The smallest absolute Gasteiger partial charge is 0.115 e. The van der Waals surface area contributed by atoms with Crippen LogP contribution in [0.1, 0.15) is 33.6 Å². The molecular weight excluding hydrogens is 180 g/mol. The van der Waals surface area contributed by atoms with Gasteiger partial charge in [-0.3, -0.25) is 0 Å². The minimum absolute atomic E-state index is 0.166. The van der Waals surface area contributed by atoms with Crippen molar-refractivity contribution in [3.63, 3.8) is 0 Å². The van der Waals surface area contributed by atoms with Gasteiger partial charge >= 0.3 is 0 Å². The third-order valence-electron chi connectivity index (χ3n) is 4.06. The molecule has 0 amide bonds. The van der Waals surface area contributed by atoms with Crippen molar-refractivity contribution in [2.75, 3.05) is 7.11 Å². The van der Waals surface area contributed by atoms with Crippen LogP contribution in [-0.4, -0.2) is 35.6 Å². The van der Waals surface area contributed by atoms with Gasteiger partial charge in [0, 0.05) is 7.11 Å². The first-order chi connectivity index (χ1) is 6.46. The Morgan fingerprint density at radius 2 is 2.07 bits per heavy atom. The quantitative estimate of drug-likeness (QED) is 0.731. The Morgan fingerprint density at radius 3 is 2.50 bits per heavy atom. The van der Waals surface area contributed by atoms with Crippen LogP contribution < -0.4 is 0 Å². The Hall–Kier alpha value is -0.120. The average molecular weight is 200 g/mol. The second-order valence-corrected chi connectivity index (χ2v) is 5.13. The summed E-state index contributed by atoms with van der Waals surface area (Å²) in [5, 5.41) is 10.1. The Kier molecular flexibility index (Phi) is 2.18. The molecule has 2 fully saturated rings. The van der Waals surface area contributed by atoms with E-state index in [0.29, 0.717) is 5.92 Å². The maximum Gasteiger partial charge on any atom is 0.115 e. The summed E-state index contributed by atoms with van der Waals surface area (Å²) in [6, 6.07) is 0. The summed E-state index contributed by atoms with van der Waals surface area (Å²) in [6.45, 7) is 6.26. The van der Waals surface area contributed by atoms with Crippen LogP contribution in [0.2, 0.25) is 0 Å². The number of aliphatic hydroxyl groups is 1. The molecule has 2 saturated heterocycles. The Bertz CT molecular complexity index is 241. The van der Waals surface area contributed by atoms with E-state index in [9.17, 15) is 5.11 Å². The zero-order valence-electron chi connectivity index (χ0n) is 9.41.